The lowest BCUT2D eigenvalue weighted by Crippen LogP contribution is -2.27. The van der Waals surface area contributed by atoms with Crippen LogP contribution in [0.25, 0.3) is 0 Å². The first-order chi connectivity index (χ1) is 12.6. The molecular formula is C19H19NO6. The van der Waals surface area contributed by atoms with Gasteiger partial charge in [-0.25, -0.2) is 0 Å². The second kappa shape index (κ2) is 7.86. The van der Waals surface area contributed by atoms with Crippen molar-refractivity contribution in [3.63, 3.8) is 0 Å². The van der Waals surface area contributed by atoms with E-state index in [1.54, 1.807) is 41.3 Å². The molecule has 0 spiro atoms. The van der Waals surface area contributed by atoms with Gasteiger partial charge in [0.05, 0.1) is 25.8 Å². The zero-order valence-electron chi connectivity index (χ0n) is 14.3. The third-order valence-electron chi connectivity index (χ3n) is 4.23. The van der Waals surface area contributed by atoms with Crippen molar-refractivity contribution in [3.8, 4) is 5.75 Å². The SMILES string of the molecule is COc1ccc(C(=O)COC(=O)[C@@H]2CC(=O)N(Cc3ccco3)C2)cc1. The van der Waals surface area contributed by atoms with Gasteiger partial charge in [-0.2, -0.15) is 0 Å². The van der Waals surface area contributed by atoms with Gasteiger partial charge in [-0.05, 0) is 36.4 Å². The molecule has 1 aliphatic rings. The number of benzene rings is 1. The predicted molar refractivity (Wildman–Crippen MR) is 90.5 cm³/mol. The van der Waals surface area contributed by atoms with E-state index in [1.807, 2.05) is 0 Å². The van der Waals surface area contributed by atoms with Crippen molar-refractivity contribution in [3.05, 3.63) is 54.0 Å². The topological polar surface area (TPSA) is 86.0 Å². The average Bonchev–Trinajstić information content (AvgIpc) is 3.30. The van der Waals surface area contributed by atoms with Crippen LogP contribution in [-0.4, -0.2) is 42.8 Å². The lowest BCUT2D eigenvalue weighted by Gasteiger charge is -2.14. The molecule has 2 aromatic rings. The molecule has 1 amide bonds. The smallest absolute Gasteiger partial charge is 0.311 e. The number of amides is 1. The summed E-state index contributed by atoms with van der Waals surface area (Å²) in [7, 11) is 1.54. The van der Waals surface area contributed by atoms with Gasteiger partial charge in [0.25, 0.3) is 0 Å². The van der Waals surface area contributed by atoms with E-state index in [2.05, 4.69) is 0 Å². The fourth-order valence-electron chi connectivity index (χ4n) is 2.79. The highest BCUT2D eigenvalue weighted by atomic mass is 16.5. The fraction of sp³-hybridized carbons (Fsp3) is 0.316. The minimum absolute atomic E-state index is 0.0796. The zero-order valence-corrected chi connectivity index (χ0v) is 14.3. The van der Waals surface area contributed by atoms with E-state index in [0.29, 0.717) is 23.6 Å². The quantitative estimate of drug-likeness (QED) is 0.557. The fourth-order valence-corrected chi connectivity index (χ4v) is 2.79. The van der Waals surface area contributed by atoms with Crippen molar-refractivity contribution < 1.29 is 28.3 Å². The second-order valence-electron chi connectivity index (χ2n) is 6.01. The maximum Gasteiger partial charge on any atom is 0.311 e. The van der Waals surface area contributed by atoms with Crippen LogP contribution in [0.2, 0.25) is 0 Å². The maximum atomic E-state index is 12.2. The molecule has 0 radical (unpaired) electrons. The number of carbonyl (C=O) groups is 3. The molecular weight excluding hydrogens is 338 g/mol. The number of Topliss-reactive ketones (excluding diaryl/α,β-unsaturated/α-hetero) is 1. The summed E-state index contributed by atoms with van der Waals surface area (Å²) < 4.78 is 15.4. The number of furan rings is 1. The molecule has 1 saturated heterocycles. The highest BCUT2D eigenvalue weighted by Crippen LogP contribution is 2.21. The molecule has 1 atom stereocenters. The molecule has 1 aliphatic heterocycles. The number of esters is 1. The van der Waals surface area contributed by atoms with Gasteiger partial charge in [-0.1, -0.05) is 0 Å². The Balaban J connectivity index is 1.50. The summed E-state index contributed by atoms with van der Waals surface area (Å²) in [5, 5.41) is 0. The van der Waals surface area contributed by atoms with Crippen LogP contribution in [0, 0.1) is 5.92 Å². The molecule has 1 fully saturated rings. The van der Waals surface area contributed by atoms with Gasteiger partial charge in [-0.3, -0.25) is 14.4 Å². The lowest BCUT2D eigenvalue weighted by molar-refractivity contribution is -0.147. The number of methoxy groups -OCH3 is 1. The van der Waals surface area contributed by atoms with E-state index in [1.165, 1.54) is 13.4 Å². The molecule has 2 heterocycles. The summed E-state index contributed by atoms with van der Waals surface area (Å²) in [5.74, 6) is -0.257. The Morgan fingerprint density at radius 2 is 2.00 bits per heavy atom. The molecule has 0 saturated carbocycles. The lowest BCUT2D eigenvalue weighted by atomic mass is 10.1. The summed E-state index contributed by atoms with van der Waals surface area (Å²) in [5.41, 5.74) is 0.431. The Hall–Kier alpha value is -3.09. The highest BCUT2D eigenvalue weighted by molar-refractivity contribution is 5.98. The molecule has 0 bridgehead atoms. The molecule has 1 aromatic carbocycles. The number of ether oxygens (including phenoxy) is 2. The number of ketones is 1. The number of likely N-dealkylation sites (tertiary alicyclic amines) is 1. The van der Waals surface area contributed by atoms with Gasteiger partial charge in [0.1, 0.15) is 11.5 Å². The zero-order chi connectivity index (χ0) is 18.5. The number of hydrogen-bond acceptors (Lipinski definition) is 6. The average molecular weight is 357 g/mol. The highest BCUT2D eigenvalue weighted by Gasteiger charge is 2.35. The van der Waals surface area contributed by atoms with Crippen molar-refractivity contribution in [2.75, 3.05) is 20.3 Å². The summed E-state index contributed by atoms with van der Waals surface area (Å²) in [6.45, 7) is 0.226. The molecule has 0 unspecified atom stereocenters. The van der Waals surface area contributed by atoms with E-state index in [-0.39, 0.29) is 31.3 Å². The van der Waals surface area contributed by atoms with Crippen molar-refractivity contribution >= 4 is 17.7 Å². The van der Waals surface area contributed by atoms with Gasteiger partial charge < -0.3 is 18.8 Å². The minimum atomic E-state index is -0.568. The Morgan fingerprint density at radius 3 is 2.65 bits per heavy atom. The van der Waals surface area contributed by atoms with E-state index < -0.39 is 11.9 Å². The summed E-state index contributed by atoms with van der Waals surface area (Å²) in [4.78, 5) is 37.9. The van der Waals surface area contributed by atoms with Crippen LogP contribution in [-0.2, 0) is 20.9 Å². The molecule has 7 heteroatoms. The molecule has 136 valence electrons. The summed E-state index contributed by atoms with van der Waals surface area (Å²) >= 11 is 0. The van der Waals surface area contributed by atoms with Crippen LogP contribution in [0.1, 0.15) is 22.5 Å². The molecule has 7 nitrogen and oxygen atoms in total. The van der Waals surface area contributed by atoms with Crippen LogP contribution in [0.3, 0.4) is 0 Å². The van der Waals surface area contributed by atoms with E-state index in [4.69, 9.17) is 13.9 Å². The third kappa shape index (κ3) is 4.11. The van der Waals surface area contributed by atoms with Crippen LogP contribution < -0.4 is 4.74 Å². The van der Waals surface area contributed by atoms with Gasteiger partial charge in [-0.15, -0.1) is 0 Å². The number of rotatable bonds is 7. The molecule has 3 rings (SSSR count). The minimum Gasteiger partial charge on any atom is -0.497 e. The molecule has 0 aliphatic carbocycles. The van der Waals surface area contributed by atoms with Gasteiger partial charge >= 0.3 is 5.97 Å². The third-order valence-corrected chi connectivity index (χ3v) is 4.23. The second-order valence-corrected chi connectivity index (χ2v) is 6.01. The summed E-state index contributed by atoms with van der Waals surface area (Å²) in [6, 6.07) is 10.1. The van der Waals surface area contributed by atoms with Crippen LogP contribution in [0.15, 0.2) is 47.1 Å². The van der Waals surface area contributed by atoms with Crippen molar-refractivity contribution in [2.45, 2.75) is 13.0 Å². The number of carbonyl (C=O) groups excluding carboxylic acids is 3. The Morgan fingerprint density at radius 1 is 1.23 bits per heavy atom. The standard InChI is InChI=1S/C19H19NO6/c1-24-15-6-4-13(5-7-15)17(21)12-26-19(23)14-9-18(22)20(10-14)11-16-3-2-8-25-16/h2-8,14H,9-12H2,1H3/t14-/m1/s1. The van der Waals surface area contributed by atoms with Crippen LogP contribution in [0.5, 0.6) is 5.75 Å². The van der Waals surface area contributed by atoms with Gasteiger partial charge in [0.2, 0.25) is 5.91 Å². The van der Waals surface area contributed by atoms with Gasteiger partial charge in [0.15, 0.2) is 12.4 Å². The molecule has 1 aromatic heterocycles. The first-order valence-electron chi connectivity index (χ1n) is 8.21. The van der Waals surface area contributed by atoms with Gasteiger partial charge in [0, 0.05) is 18.5 Å². The number of hydrogen-bond donors (Lipinski definition) is 0. The van der Waals surface area contributed by atoms with E-state index in [9.17, 15) is 14.4 Å². The molecule has 0 N–H and O–H groups in total. The van der Waals surface area contributed by atoms with Crippen molar-refractivity contribution in [2.24, 2.45) is 5.92 Å². The number of nitrogens with zero attached hydrogens (tertiary/aromatic N) is 1. The van der Waals surface area contributed by atoms with Crippen molar-refractivity contribution in [1.29, 1.82) is 0 Å². The first-order valence-corrected chi connectivity index (χ1v) is 8.21. The first kappa shape index (κ1) is 17.7. The Kier molecular flexibility index (Phi) is 5.36. The summed E-state index contributed by atoms with van der Waals surface area (Å²) in [6.07, 6.45) is 1.61. The van der Waals surface area contributed by atoms with Crippen LogP contribution in [0.4, 0.5) is 0 Å². The maximum absolute atomic E-state index is 12.2. The normalized spacial score (nSPS) is 16.6. The Bertz CT molecular complexity index is 781. The van der Waals surface area contributed by atoms with E-state index >= 15 is 0 Å². The largest absolute Gasteiger partial charge is 0.497 e. The van der Waals surface area contributed by atoms with E-state index in [0.717, 1.165) is 0 Å². The monoisotopic (exact) mass is 357 g/mol. The Labute approximate surface area is 150 Å². The van der Waals surface area contributed by atoms with Crippen LogP contribution >= 0.6 is 0 Å². The van der Waals surface area contributed by atoms with Crippen molar-refractivity contribution in [1.82, 2.24) is 4.90 Å². The predicted octanol–water partition coefficient (Wildman–Crippen LogP) is 2.06. The molecule has 26 heavy (non-hydrogen) atoms.